The Morgan fingerprint density at radius 1 is 0.385 bits per heavy atom. The summed E-state index contributed by atoms with van der Waals surface area (Å²) in [5, 5.41) is 123. The fraction of sp³-hybridized carbons (Fsp3) is 0.547. The maximum absolute atomic E-state index is 13.5. The smallest absolute Gasteiger partial charge is 0.327 e. The third kappa shape index (κ3) is 29.9. The topological polar surface area (TPSA) is 442 Å². The zero-order chi connectivity index (χ0) is 92.8. The molecule has 0 spiro atoms. The van der Waals surface area contributed by atoms with Gasteiger partial charge in [0.2, 0.25) is 17.2 Å². The molecule has 0 aliphatic heterocycles. The molecule has 12 atom stereocenters. The van der Waals surface area contributed by atoms with Gasteiger partial charge >= 0.3 is 17.9 Å². The van der Waals surface area contributed by atoms with Crippen molar-refractivity contribution in [3.63, 3.8) is 0 Å². The van der Waals surface area contributed by atoms with E-state index in [1.807, 2.05) is 36.2 Å². The number of hydrogen-bond donors (Lipinski definition) is 12. The molecule has 122 heavy (non-hydrogen) atoms. The summed E-state index contributed by atoms with van der Waals surface area (Å²) in [4.78, 5) is 38.6. The zero-order valence-electron chi connectivity index (χ0n) is 73.8. The summed E-state index contributed by atoms with van der Waals surface area (Å²) in [7, 11) is 24.0. The molecule has 0 heterocycles. The minimum Gasteiger partial charge on any atom is -0.502 e. The zero-order valence-corrected chi connectivity index (χ0v) is 77.6. The molecule has 0 bridgehead atoms. The van der Waals surface area contributed by atoms with Gasteiger partial charge in [-0.1, -0.05) is 43.6 Å². The van der Waals surface area contributed by atoms with E-state index in [-0.39, 0.29) is 143 Å². The quantitative estimate of drug-likeness (QED) is 0.00423. The largest absolute Gasteiger partial charge is 0.502 e. The Kier molecular flexibility index (Phi) is 45.1. The molecule has 36 heteroatoms. The number of ether oxygens (including phenoxy) is 16. The van der Waals surface area contributed by atoms with Crippen LogP contribution in [-0.4, -0.2) is 246 Å². The number of carbonyl (C=O) groups is 3. The van der Waals surface area contributed by atoms with E-state index in [0.29, 0.717) is 56.2 Å². The van der Waals surface area contributed by atoms with Crippen LogP contribution in [0.15, 0.2) is 72.8 Å². The number of phenolic OH excluding ortho intramolecular Hbond substituents is 1. The van der Waals surface area contributed by atoms with E-state index in [4.69, 9.17) is 91.3 Å². The van der Waals surface area contributed by atoms with Crippen molar-refractivity contribution in [2.24, 2.45) is 28.6 Å². The first kappa shape index (κ1) is 108. The Hall–Kier alpha value is -7.95. The summed E-state index contributed by atoms with van der Waals surface area (Å²) < 4.78 is 87.5. The number of aliphatic hydroxyl groups is 11. The summed E-state index contributed by atoms with van der Waals surface area (Å²) in [5.74, 6) is -0.480. The molecule has 0 fully saturated rings. The highest BCUT2D eigenvalue weighted by Crippen LogP contribution is 2.48. The summed E-state index contributed by atoms with van der Waals surface area (Å²) in [6, 6.07) is 19.1. The lowest BCUT2D eigenvalue weighted by Gasteiger charge is -2.32. The molecule has 6 aromatic carbocycles. The van der Waals surface area contributed by atoms with Crippen LogP contribution in [0, 0.1) is 49.4 Å². The van der Waals surface area contributed by atoms with Crippen LogP contribution in [0.2, 0.25) is 0 Å². The number of alkyl halides is 1. The van der Waals surface area contributed by atoms with E-state index in [2.05, 4.69) is 15.9 Å². The van der Waals surface area contributed by atoms with Crippen LogP contribution in [0.25, 0.3) is 0 Å². The molecule has 4 radical (unpaired) electrons. The molecule has 6 aromatic rings. The van der Waals surface area contributed by atoms with Gasteiger partial charge in [0.1, 0.15) is 33.6 Å². The lowest BCUT2D eigenvalue weighted by molar-refractivity contribution is -0.159. The fourth-order valence-corrected chi connectivity index (χ4v) is 12.5. The SMILES string of the molecule is COCCOC(=O)C(C)(C)CC(C)(C)C(=O)Oc1c(OC)cc(C(O)C(CO)Oc2c(C)cc(C(O)[C@H](C)CO)cc2OC)cc1OC.COc1cc(C(O)C(CO)Oc2c(C)cc(C(O)[C@H](C)CO)cc2OC)cc(OC)c1O.COc1cc(C(O)[C@H](C)CO)cc(C)c1OC(CO)C(C)c1cc(OC)c(OC(=O)C(C)(C)Br)c(OC)c1.[B]B([B])I. The normalized spacial score (nSPS) is 14.4. The van der Waals surface area contributed by atoms with Gasteiger partial charge in [0.15, 0.2) is 81.2 Å². The molecule has 9 unspecified atom stereocenters. The number of methoxy groups -OCH3 is 10. The Morgan fingerprint density at radius 2 is 0.639 bits per heavy atom. The van der Waals surface area contributed by atoms with E-state index in [9.17, 15) is 75.7 Å². The minimum atomic E-state index is -1.42. The molecule has 0 aliphatic rings. The molecule has 12 N–H and O–H groups in total. The van der Waals surface area contributed by atoms with E-state index in [1.165, 1.54) is 95.4 Å². The van der Waals surface area contributed by atoms with Gasteiger partial charge in [-0.25, -0.2) is 0 Å². The summed E-state index contributed by atoms with van der Waals surface area (Å²) in [6.45, 7) is 20.7. The van der Waals surface area contributed by atoms with E-state index in [0.717, 1.165) is 5.56 Å². The van der Waals surface area contributed by atoms with Crippen molar-refractivity contribution in [3.05, 3.63) is 123 Å². The molecule has 676 valence electrons. The second kappa shape index (κ2) is 50.9. The molecule has 0 saturated heterocycles. The van der Waals surface area contributed by atoms with Gasteiger partial charge < -0.3 is 137 Å². The predicted octanol–water partition coefficient (Wildman–Crippen LogP) is 9.60. The Balaban J connectivity index is 0.000000471. The van der Waals surface area contributed by atoms with Gasteiger partial charge in [0.05, 0.1) is 120 Å². The fourth-order valence-electron chi connectivity index (χ4n) is 12.4. The number of aliphatic hydroxyl groups excluding tert-OH is 11. The molecule has 6 rings (SSSR count). The first-order valence-corrected chi connectivity index (χ1v) is 40.9. The van der Waals surface area contributed by atoms with Crippen LogP contribution in [0.1, 0.15) is 162 Å². The second-order valence-electron chi connectivity index (χ2n) is 30.7. The molecule has 31 nitrogen and oxygen atoms in total. The van der Waals surface area contributed by atoms with Crippen molar-refractivity contribution >= 4 is 76.0 Å². The first-order chi connectivity index (χ1) is 57.3. The average Bonchev–Trinajstić information content (AvgIpc) is 0.800. The number of aromatic hydroxyl groups is 1. The first-order valence-electron chi connectivity index (χ1n) is 38.8. The van der Waals surface area contributed by atoms with Gasteiger partial charge in [0, 0.05) is 66.1 Å². The molecule has 0 saturated carbocycles. The lowest BCUT2D eigenvalue weighted by Crippen LogP contribution is -2.38. The number of halogens is 2. The number of hydrogen-bond acceptors (Lipinski definition) is 31. The Bertz CT molecular complexity index is 4200. The van der Waals surface area contributed by atoms with E-state index in [1.54, 1.807) is 125 Å². The van der Waals surface area contributed by atoms with Gasteiger partial charge in [-0.2, -0.15) is 22.4 Å². The van der Waals surface area contributed by atoms with Crippen molar-refractivity contribution in [1.82, 2.24) is 0 Å². The van der Waals surface area contributed by atoms with Crippen LogP contribution in [0.5, 0.6) is 86.2 Å². The highest BCUT2D eigenvalue weighted by atomic mass is 127. The van der Waals surface area contributed by atoms with Gasteiger partial charge in [0.25, 0.3) is 0 Å². The third-order valence-corrected chi connectivity index (χ3v) is 19.9. The van der Waals surface area contributed by atoms with Gasteiger partial charge in [-0.05, 0) is 192 Å². The number of benzene rings is 6. The van der Waals surface area contributed by atoms with Gasteiger partial charge in [-0.3, -0.25) is 14.4 Å². The van der Waals surface area contributed by atoms with Gasteiger partial charge in [-0.15, -0.1) is 0 Å². The molecule has 0 amide bonds. The second-order valence-corrected chi connectivity index (χ2v) is 34.1. The van der Waals surface area contributed by atoms with Crippen LogP contribution in [0.4, 0.5) is 0 Å². The number of carbonyl (C=O) groups excluding carboxylic acids is 3. The average molecular weight is 1890 g/mol. The molecule has 0 aromatic heterocycles. The monoisotopic (exact) mass is 1890 g/mol. The maximum atomic E-state index is 13.5. The van der Waals surface area contributed by atoms with Crippen molar-refractivity contribution in [3.8, 4) is 86.2 Å². The lowest BCUT2D eigenvalue weighted by atomic mass is 9.39. The maximum Gasteiger partial charge on any atom is 0.327 e. The minimum absolute atomic E-state index is 0.0419. The van der Waals surface area contributed by atoms with Crippen molar-refractivity contribution in [1.29, 1.82) is 0 Å². The van der Waals surface area contributed by atoms with Crippen LogP contribution >= 0.6 is 38.3 Å². The molecular weight excluding hydrogens is 1770 g/mol. The third-order valence-electron chi connectivity index (χ3n) is 19.6. The Morgan fingerprint density at radius 3 is 0.910 bits per heavy atom. The van der Waals surface area contributed by atoms with Crippen molar-refractivity contribution in [2.75, 3.05) is 124 Å². The highest BCUT2D eigenvalue weighted by molar-refractivity contribution is 14.1. The number of esters is 3. The standard InChI is InChI=1S/C35H52O13.C28H39BrO9.C23H32O9.B3I/c1-20-13-22(28(38)21(2)17-36)14-24(43-8)30(20)47-27(18-37)29(39)23-15-25(44-9)31(26(16-23)45-10)48-33(41)35(5,6)19-34(3,4)32(40)46-12-11-42-7;1-15-9-19(24(32)16(2)13-30)12-20(34-6)25(15)37-23(14-31)17(3)18-10-21(35-7)26(22(11-18)36-8)38-27(33)28(4,5)29;1-12-6-14(20(26)13(2)10-24)9-18(31-5)23(12)32-19(11-25)21(27)15-7-16(29-3)22(28)17(8-15)30-4;1-3(2)4/h13-16,21,27-29,36-39H,11-12,17-19H2,1-10H3;9-12,16-17,23-24,30-32H,13-14H2,1-8H3;6-9,13,19-21,24-28H,10-11H2,1-5H3;/t21-,27?,28?,29?;16-,17?,23?,24?;13-,19?,20?,21?;/m111./s1. The van der Waals surface area contributed by atoms with Crippen LogP contribution in [0.3, 0.4) is 0 Å². The van der Waals surface area contributed by atoms with Crippen molar-refractivity contribution < 1.29 is 151 Å². The van der Waals surface area contributed by atoms with Crippen LogP contribution in [-0.2, 0) is 23.9 Å². The van der Waals surface area contributed by atoms with Crippen LogP contribution < -0.4 is 66.3 Å². The van der Waals surface area contributed by atoms with E-state index < -0.39 is 101 Å². The number of phenols is 1. The highest BCUT2D eigenvalue weighted by Gasteiger charge is 2.43. The predicted molar refractivity (Wildman–Crippen MR) is 471 cm³/mol. The number of rotatable bonds is 43. The Labute approximate surface area is 740 Å². The van der Waals surface area contributed by atoms with E-state index >= 15 is 0 Å². The molecular formula is C86H123B3BrIO31. The summed E-state index contributed by atoms with van der Waals surface area (Å²) in [5.41, 5.74) is 2.59. The summed E-state index contributed by atoms with van der Waals surface area (Å²) >= 11 is 5.20. The molecule has 0 aliphatic carbocycles. The number of aryl methyl sites for hydroxylation is 3. The summed E-state index contributed by atoms with van der Waals surface area (Å²) in [6.07, 6.45) is -8.34. The van der Waals surface area contributed by atoms with Crippen molar-refractivity contribution in [2.45, 2.75) is 156 Å².